The highest BCUT2D eigenvalue weighted by molar-refractivity contribution is 6.05. The molecule has 3 heteroatoms. The summed E-state index contributed by atoms with van der Waals surface area (Å²) in [6.45, 7) is 1.83. The molecule has 1 heterocycles. The molecule has 0 saturated heterocycles. The van der Waals surface area contributed by atoms with Crippen LogP contribution in [-0.2, 0) is 7.05 Å². The van der Waals surface area contributed by atoms with Crippen LogP contribution >= 0.6 is 0 Å². The van der Waals surface area contributed by atoms with Gasteiger partial charge in [0.15, 0.2) is 5.78 Å². The molecule has 0 aliphatic carbocycles. The molecule has 0 saturated carbocycles. The summed E-state index contributed by atoms with van der Waals surface area (Å²) in [5, 5.41) is 4.15. The van der Waals surface area contributed by atoms with Crippen LogP contribution in [0.3, 0.4) is 0 Å². The topological polar surface area (TPSA) is 34.9 Å². The predicted molar refractivity (Wildman–Crippen MR) is 76.9 cm³/mol. The van der Waals surface area contributed by atoms with Gasteiger partial charge in [-0.3, -0.25) is 9.48 Å². The highest BCUT2D eigenvalue weighted by Crippen LogP contribution is 2.07. The third-order valence-corrected chi connectivity index (χ3v) is 2.73. The fraction of sp³-hybridized carbons (Fsp3) is 0.125. The van der Waals surface area contributed by atoms with Gasteiger partial charge in [-0.05, 0) is 18.6 Å². The molecule has 0 aliphatic rings. The summed E-state index contributed by atoms with van der Waals surface area (Å²) in [6.07, 6.45) is 8.87. The van der Waals surface area contributed by atoms with Gasteiger partial charge in [0.2, 0.25) is 0 Å². The summed E-state index contributed by atoms with van der Waals surface area (Å²) in [6, 6.07) is 9.96. The number of benzene rings is 1. The normalized spacial score (nSPS) is 11.5. The number of hydrogen-bond acceptors (Lipinski definition) is 2. The van der Waals surface area contributed by atoms with Crippen LogP contribution in [0, 0.1) is 6.92 Å². The van der Waals surface area contributed by atoms with Crippen molar-refractivity contribution in [1.82, 2.24) is 9.78 Å². The molecule has 0 aliphatic heterocycles. The number of aromatic nitrogens is 2. The molecule has 0 atom stereocenters. The Bertz CT molecular complexity index is 621. The molecule has 0 amide bonds. The van der Waals surface area contributed by atoms with Crippen molar-refractivity contribution >= 4 is 11.9 Å². The van der Waals surface area contributed by atoms with Gasteiger partial charge >= 0.3 is 0 Å². The number of carbonyl (C=O) groups is 1. The van der Waals surface area contributed by atoms with Gasteiger partial charge in [0.25, 0.3) is 0 Å². The van der Waals surface area contributed by atoms with E-state index in [1.165, 1.54) is 0 Å². The third-order valence-electron chi connectivity index (χ3n) is 2.73. The lowest BCUT2D eigenvalue weighted by molar-refractivity contribution is 0.104. The van der Waals surface area contributed by atoms with Crippen molar-refractivity contribution in [2.45, 2.75) is 6.92 Å². The number of ketones is 1. The monoisotopic (exact) mass is 252 g/mol. The second kappa shape index (κ2) is 5.96. The maximum atomic E-state index is 11.9. The number of hydrogen-bond donors (Lipinski definition) is 0. The van der Waals surface area contributed by atoms with E-state index in [4.69, 9.17) is 0 Å². The van der Waals surface area contributed by atoms with Crippen molar-refractivity contribution in [2.24, 2.45) is 7.05 Å². The largest absolute Gasteiger partial charge is 0.289 e. The van der Waals surface area contributed by atoms with Gasteiger partial charge in [-0.15, -0.1) is 0 Å². The van der Waals surface area contributed by atoms with E-state index in [2.05, 4.69) is 5.10 Å². The van der Waals surface area contributed by atoms with E-state index in [-0.39, 0.29) is 5.78 Å². The maximum Gasteiger partial charge on any atom is 0.189 e. The molecule has 96 valence electrons. The Labute approximate surface area is 112 Å². The van der Waals surface area contributed by atoms with Gasteiger partial charge < -0.3 is 0 Å². The SMILES string of the molecule is Cc1nn(C)cc1C(=O)C=CC=Cc1ccccc1. The molecule has 1 aromatic heterocycles. The van der Waals surface area contributed by atoms with Crippen molar-refractivity contribution < 1.29 is 4.79 Å². The molecule has 2 aromatic rings. The Morgan fingerprint density at radius 2 is 1.95 bits per heavy atom. The molecule has 0 fully saturated rings. The minimum atomic E-state index is -0.0247. The maximum absolute atomic E-state index is 11.9. The van der Waals surface area contributed by atoms with E-state index in [0.717, 1.165) is 11.3 Å². The minimum absolute atomic E-state index is 0.0247. The molecule has 0 unspecified atom stereocenters. The Hall–Kier alpha value is -2.42. The molecule has 19 heavy (non-hydrogen) atoms. The van der Waals surface area contributed by atoms with Crippen molar-refractivity contribution in [2.75, 3.05) is 0 Å². The van der Waals surface area contributed by atoms with Crippen LogP contribution in [0.2, 0.25) is 0 Å². The second-order valence-corrected chi connectivity index (χ2v) is 4.30. The Kier molecular flexibility index (Phi) is 4.08. The molecule has 2 rings (SSSR count). The lowest BCUT2D eigenvalue weighted by atomic mass is 10.1. The lowest BCUT2D eigenvalue weighted by Gasteiger charge is -1.90. The highest BCUT2D eigenvalue weighted by atomic mass is 16.1. The van der Waals surface area contributed by atoms with Crippen LogP contribution in [-0.4, -0.2) is 15.6 Å². The Balaban J connectivity index is 2.02. The van der Waals surface area contributed by atoms with E-state index in [9.17, 15) is 4.79 Å². The first-order valence-electron chi connectivity index (χ1n) is 6.11. The first-order valence-corrected chi connectivity index (χ1v) is 6.11. The molecule has 0 bridgehead atoms. The van der Waals surface area contributed by atoms with E-state index in [0.29, 0.717) is 5.56 Å². The predicted octanol–water partition coefficient (Wildman–Crippen LogP) is 3.18. The molecular formula is C16H16N2O. The summed E-state index contributed by atoms with van der Waals surface area (Å²) in [5.74, 6) is -0.0247. The van der Waals surface area contributed by atoms with Gasteiger partial charge in [0, 0.05) is 13.2 Å². The van der Waals surface area contributed by atoms with E-state index < -0.39 is 0 Å². The first-order chi connectivity index (χ1) is 9.16. The van der Waals surface area contributed by atoms with Gasteiger partial charge in [-0.2, -0.15) is 5.10 Å². The fourth-order valence-electron chi connectivity index (χ4n) is 1.81. The number of aryl methyl sites for hydroxylation is 2. The standard InChI is InChI=1S/C16H16N2O/c1-13-15(12-18(2)17-13)16(19)11-7-6-10-14-8-4-3-5-9-14/h3-12H,1-2H3. The van der Waals surface area contributed by atoms with E-state index in [1.54, 1.807) is 23.0 Å². The fourth-order valence-corrected chi connectivity index (χ4v) is 1.81. The summed E-state index contributed by atoms with van der Waals surface area (Å²) in [4.78, 5) is 11.9. The second-order valence-electron chi connectivity index (χ2n) is 4.30. The van der Waals surface area contributed by atoms with Crippen molar-refractivity contribution in [3.63, 3.8) is 0 Å². The lowest BCUT2D eigenvalue weighted by Crippen LogP contribution is -1.94. The molecule has 3 nitrogen and oxygen atoms in total. The number of rotatable bonds is 4. The van der Waals surface area contributed by atoms with Crippen LogP contribution in [0.25, 0.3) is 6.08 Å². The Morgan fingerprint density at radius 1 is 1.21 bits per heavy atom. The highest BCUT2D eigenvalue weighted by Gasteiger charge is 2.08. The minimum Gasteiger partial charge on any atom is -0.289 e. The zero-order valence-electron chi connectivity index (χ0n) is 11.1. The van der Waals surface area contributed by atoms with Crippen LogP contribution in [0.5, 0.6) is 0 Å². The van der Waals surface area contributed by atoms with E-state index >= 15 is 0 Å². The smallest absolute Gasteiger partial charge is 0.189 e. The summed E-state index contributed by atoms with van der Waals surface area (Å²) in [5.41, 5.74) is 2.51. The molecular weight excluding hydrogens is 236 g/mol. The summed E-state index contributed by atoms with van der Waals surface area (Å²) in [7, 11) is 1.81. The third kappa shape index (κ3) is 3.52. The van der Waals surface area contributed by atoms with Crippen LogP contribution in [0.4, 0.5) is 0 Å². The summed E-state index contributed by atoms with van der Waals surface area (Å²) < 4.78 is 1.65. The van der Waals surface area contributed by atoms with Crippen molar-refractivity contribution in [1.29, 1.82) is 0 Å². The Morgan fingerprint density at radius 3 is 2.58 bits per heavy atom. The van der Waals surface area contributed by atoms with Gasteiger partial charge in [-0.1, -0.05) is 48.6 Å². The molecule has 0 spiro atoms. The molecule has 0 N–H and O–H groups in total. The van der Waals surface area contributed by atoms with Crippen molar-refractivity contribution in [3.8, 4) is 0 Å². The average molecular weight is 252 g/mol. The quantitative estimate of drug-likeness (QED) is 0.476. The van der Waals surface area contributed by atoms with Gasteiger partial charge in [-0.25, -0.2) is 0 Å². The van der Waals surface area contributed by atoms with E-state index in [1.807, 2.05) is 56.5 Å². The van der Waals surface area contributed by atoms with Gasteiger partial charge in [0.1, 0.15) is 0 Å². The zero-order chi connectivity index (χ0) is 13.7. The zero-order valence-corrected chi connectivity index (χ0v) is 11.1. The average Bonchev–Trinajstić information content (AvgIpc) is 2.75. The van der Waals surface area contributed by atoms with Crippen LogP contribution in [0.15, 0.2) is 54.8 Å². The number of nitrogens with zero attached hydrogens (tertiary/aromatic N) is 2. The van der Waals surface area contributed by atoms with Crippen LogP contribution in [0.1, 0.15) is 21.6 Å². The number of allylic oxidation sites excluding steroid dienone is 3. The van der Waals surface area contributed by atoms with Crippen LogP contribution < -0.4 is 0 Å². The first kappa shape index (κ1) is 13.0. The van der Waals surface area contributed by atoms with Gasteiger partial charge in [0.05, 0.1) is 11.3 Å². The van der Waals surface area contributed by atoms with Crippen molar-refractivity contribution in [3.05, 3.63) is 71.6 Å². The number of carbonyl (C=O) groups excluding carboxylic acids is 1. The summed E-state index contributed by atoms with van der Waals surface area (Å²) >= 11 is 0. The molecule has 1 aromatic carbocycles. The molecule has 0 radical (unpaired) electrons.